The van der Waals surface area contributed by atoms with Crippen molar-refractivity contribution in [2.45, 2.75) is 12.7 Å². The molecule has 0 amide bonds. The first-order chi connectivity index (χ1) is 11.0. The lowest BCUT2D eigenvalue weighted by molar-refractivity contribution is -0.137. The highest BCUT2D eigenvalue weighted by Gasteiger charge is 2.34. The van der Waals surface area contributed by atoms with E-state index in [1.807, 2.05) is 19.3 Å². The molecule has 0 radical (unpaired) electrons. The molecule has 0 saturated carbocycles. The van der Waals surface area contributed by atoms with Crippen LogP contribution in [-0.4, -0.2) is 17.0 Å². The average Bonchev–Trinajstić information content (AvgIpc) is 2.90. The van der Waals surface area contributed by atoms with Gasteiger partial charge < -0.3 is 15.6 Å². The summed E-state index contributed by atoms with van der Waals surface area (Å²) in [6, 6.07) is 7.66. The molecule has 0 aliphatic rings. The fourth-order valence-corrected chi connectivity index (χ4v) is 2.47. The predicted octanol–water partition coefficient (Wildman–Crippen LogP) is 4.04. The van der Waals surface area contributed by atoms with Gasteiger partial charge in [-0.25, -0.2) is 4.98 Å². The minimum Gasteiger partial charge on any atom is -0.361 e. The first kappa shape index (κ1) is 15.4. The van der Waals surface area contributed by atoms with E-state index in [1.165, 1.54) is 12.3 Å². The second kappa shape index (κ2) is 5.92. The van der Waals surface area contributed by atoms with Crippen LogP contribution in [0.1, 0.15) is 11.1 Å². The van der Waals surface area contributed by atoms with Crippen LogP contribution in [0.15, 0.2) is 42.7 Å². The van der Waals surface area contributed by atoms with E-state index in [9.17, 15) is 13.2 Å². The number of alkyl halides is 3. The third-order valence-electron chi connectivity index (χ3n) is 3.51. The summed E-state index contributed by atoms with van der Waals surface area (Å²) >= 11 is 0. The molecule has 2 aromatic heterocycles. The molecule has 3 N–H and O–H groups in total. The standard InChI is InChI=1S/C16H15F3N4/c1-20-8-10-9-22-14-7-11(4-5-12(10)14)23-15-13(16(17,18)19)3-2-6-21-15/h2-7,9,20,22H,8H2,1H3,(H,21,23). The van der Waals surface area contributed by atoms with Crippen LogP contribution in [0.25, 0.3) is 10.9 Å². The molecule has 0 aliphatic carbocycles. The molecule has 0 bridgehead atoms. The van der Waals surface area contributed by atoms with Crippen LogP contribution in [0.5, 0.6) is 0 Å². The fraction of sp³-hybridized carbons (Fsp3) is 0.188. The molecular formula is C16H15F3N4. The summed E-state index contributed by atoms with van der Waals surface area (Å²) in [6.45, 7) is 0.714. The number of rotatable bonds is 4. The summed E-state index contributed by atoms with van der Waals surface area (Å²) in [5.74, 6) is -0.207. The van der Waals surface area contributed by atoms with Crippen molar-refractivity contribution in [1.82, 2.24) is 15.3 Å². The molecule has 0 saturated heterocycles. The van der Waals surface area contributed by atoms with Gasteiger partial charge >= 0.3 is 6.18 Å². The SMILES string of the molecule is CNCc1c[nH]c2cc(Nc3ncccc3C(F)(F)F)ccc12. The highest BCUT2D eigenvalue weighted by molar-refractivity contribution is 5.86. The van der Waals surface area contributed by atoms with E-state index in [0.717, 1.165) is 22.5 Å². The number of aromatic nitrogens is 2. The molecule has 0 atom stereocenters. The summed E-state index contributed by atoms with van der Waals surface area (Å²) in [5.41, 5.74) is 1.70. The molecule has 120 valence electrons. The molecule has 2 heterocycles. The van der Waals surface area contributed by atoms with E-state index in [4.69, 9.17) is 0 Å². The minimum absolute atomic E-state index is 0.207. The van der Waals surface area contributed by atoms with Gasteiger partial charge in [-0.2, -0.15) is 13.2 Å². The number of fused-ring (bicyclic) bond motifs is 1. The summed E-state index contributed by atoms with van der Waals surface area (Å²) in [7, 11) is 1.86. The van der Waals surface area contributed by atoms with Gasteiger partial charge in [-0.3, -0.25) is 0 Å². The Hall–Kier alpha value is -2.54. The van der Waals surface area contributed by atoms with Crippen molar-refractivity contribution in [2.24, 2.45) is 0 Å². The number of H-pyrrole nitrogens is 1. The molecule has 7 heteroatoms. The zero-order valence-electron chi connectivity index (χ0n) is 12.3. The Bertz CT molecular complexity index is 824. The van der Waals surface area contributed by atoms with Crippen molar-refractivity contribution in [3.05, 3.63) is 53.9 Å². The lowest BCUT2D eigenvalue weighted by Gasteiger charge is -2.13. The molecule has 0 fully saturated rings. The Morgan fingerprint density at radius 3 is 2.78 bits per heavy atom. The monoisotopic (exact) mass is 320 g/mol. The lowest BCUT2D eigenvalue weighted by Crippen LogP contribution is -2.09. The summed E-state index contributed by atoms with van der Waals surface area (Å²) in [4.78, 5) is 6.93. The van der Waals surface area contributed by atoms with Gasteiger partial charge in [0.2, 0.25) is 0 Å². The lowest BCUT2D eigenvalue weighted by atomic mass is 10.1. The zero-order valence-corrected chi connectivity index (χ0v) is 12.3. The first-order valence-corrected chi connectivity index (χ1v) is 7.03. The minimum atomic E-state index is -4.45. The van der Waals surface area contributed by atoms with Gasteiger partial charge in [0.15, 0.2) is 0 Å². The van der Waals surface area contributed by atoms with Gasteiger partial charge in [0.05, 0.1) is 5.56 Å². The van der Waals surface area contributed by atoms with E-state index >= 15 is 0 Å². The number of hydrogen-bond acceptors (Lipinski definition) is 3. The second-order valence-electron chi connectivity index (χ2n) is 5.13. The second-order valence-corrected chi connectivity index (χ2v) is 5.13. The Morgan fingerprint density at radius 1 is 1.22 bits per heavy atom. The van der Waals surface area contributed by atoms with E-state index < -0.39 is 11.7 Å². The molecule has 1 aromatic carbocycles. The van der Waals surface area contributed by atoms with Crippen molar-refractivity contribution < 1.29 is 13.2 Å². The molecule has 23 heavy (non-hydrogen) atoms. The highest BCUT2D eigenvalue weighted by Crippen LogP contribution is 2.35. The van der Waals surface area contributed by atoms with Gasteiger partial charge in [-0.1, -0.05) is 6.07 Å². The number of anilines is 2. The van der Waals surface area contributed by atoms with Crippen molar-refractivity contribution in [3.63, 3.8) is 0 Å². The average molecular weight is 320 g/mol. The Kier molecular flexibility index (Phi) is 3.96. The van der Waals surface area contributed by atoms with Crippen LogP contribution >= 0.6 is 0 Å². The normalized spacial score (nSPS) is 11.8. The van der Waals surface area contributed by atoms with Crippen molar-refractivity contribution >= 4 is 22.4 Å². The van der Waals surface area contributed by atoms with Gasteiger partial charge in [0, 0.05) is 35.5 Å². The zero-order chi connectivity index (χ0) is 16.4. The van der Waals surface area contributed by atoms with Crippen LogP contribution in [0, 0.1) is 0 Å². The fourth-order valence-electron chi connectivity index (χ4n) is 2.47. The van der Waals surface area contributed by atoms with E-state index in [1.54, 1.807) is 12.1 Å². The van der Waals surface area contributed by atoms with Crippen molar-refractivity contribution in [1.29, 1.82) is 0 Å². The molecular weight excluding hydrogens is 305 g/mol. The molecule has 0 spiro atoms. The summed E-state index contributed by atoms with van der Waals surface area (Å²) in [6.07, 6.45) is -1.24. The quantitative estimate of drug-likeness (QED) is 0.680. The Morgan fingerprint density at radius 2 is 2.04 bits per heavy atom. The molecule has 0 aliphatic heterocycles. The molecule has 4 nitrogen and oxygen atoms in total. The van der Waals surface area contributed by atoms with E-state index in [0.29, 0.717) is 12.2 Å². The predicted molar refractivity (Wildman–Crippen MR) is 83.6 cm³/mol. The maximum Gasteiger partial charge on any atom is 0.419 e. The summed E-state index contributed by atoms with van der Waals surface area (Å²) < 4.78 is 39.0. The number of nitrogens with one attached hydrogen (secondary N) is 3. The maximum absolute atomic E-state index is 13.0. The van der Waals surface area contributed by atoms with Crippen LogP contribution in [0.4, 0.5) is 24.7 Å². The number of hydrogen-bond donors (Lipinski definition) is 3. The van der Waals surface area contributed by atoms with Crippen molar-refractivity contribution in [2.75, 3.05) is 12.4 Å². The Balaban J connectivity index is 1.94. The topological polar surface area (TPSA) is 52.7 Å². The number of nitrogens with zero attached hydrogens (tertiary/aromatic N) is 1. The van der Waals surface area contributed by atoms with Crippen molar-refractivity contribution in [3.8, 4) is 0 Å². The summed E-state index contributed by atoms with van der Waals surface area (Å²) in [5, 5.41) is 6.85. The van der Waals surface area contributed by atoms with Gasteiger partial charge in [0.1, 0.15) is 5.82 Å². The largest absolute Gasteiger partial charge is 0.419 e. The third kappa shape index (κ3) is 3.14. The van der Waals surface area contributed by atoms with Crippen LogP contribution < -0.4 is 10.6 Å². The molecule has 3 aromatic rings. The number of halogens is 3. The maximum atomic E-state index is 13.0. The Labute approximate surface area is 130 Å². The number of aromatic amines is 1. The van der Waals surface area contributed by atoms with E-state index in [-0.39, 0.29) is 5.82 Å². The van der Waals surface area contributed by atoms with Gasteiger partial charge in [0.25, 0.3) is 0 Å². The van der Waals surface area contributed by atoms with E-state index in [2.05, 4.69) is 20.6 Å². The van der Waals surface area contributed by atoms with Crippen LogP contribution in [0.3, 0.4) is 0 Å². The molecule has 3 rings (SSSR count). The number of benzene rings is 1. The smallest absolute Gasteiger partial charge is 0.361 e. The van der Waals surface area contributed by atoms with Gasteiger partial charge in [-0.05, 0) is 36.9 Å². The highest BCUT2D eigenvalue weighted by atomic mass is 19.4. The molecule has 0 unspecified atom stereocenters. The third-order valence-corrected chi connectivity index (χ3v) is 3.51. The first-order valence-electron chi connectivity index (χ1n) is 7.03. The number of pyridine rings is 1. The van der Waals surface area contributed by atoms with Crippen LogP contribution in [-0.2, 0) is 12.7 Å². The van der Waals surface area contributed by atoms with Crippen LogP contribution in [0.2, 0.25) is 0 Å². The van der Waals surface area contributed by atoms with Gasteiger partial charge in [-0.15, -0.1) is 0 Å².